The highest BCUT2D eigenvalue weighted by Crippen LogP contribution is 2.32. The van der Waals surface area contributed by atoms with Gasteiger partial charge in [-0.1, -0.05) is 0 Å². The number of ether oxygens (including phenoxy) is 2. The van der Waals surface area contributed by atoms with E-state index < -0.39 is 0 Å². The van der Waals surface area contributed by atoms with Gasteiger partial charge in [0.1, 0.15) is 0 Å². The number of aromatic nitrogens is 2. The Morgan fingerprint density at radius 2 is 1.75 bits per heavy atom. The largest absolute Gasteiger partial charge is 0.493 e. The summed E-state index contributed by atoms with van der Waals surface area (Å²) in [4.78, 5) is 8.73. The van der Waals surface area contributed by atoms with Crippen LogP contribution in [0.4, 0.5) is 0 Å². The van der Waals surface area contributed by atoms with Crippen LogP contribution in [0.3, 0.4) is 0 Å². The Bertz CT molecular complexity index is 756. The van der Waals surface area contributed by atoms with Gasteiger partial charge < -0.3 is 9.47 Å². The first-order valence-corrected chi connectivity index (χ1v) is 6.25. The first-order valence-electron chi connectivity index (χ1n) is 6.25. The molecule has 100 valence electrons. The van der Waals surface area contributed by atoms with Crippen LogP contribution < -0.4 is 9.47 Å². The Labute approximate surface area is 117 Å². The Kier molecular flexibility index (Phi) is 3.21. The Morgan fingerprint density at radius 1 is 0.900 bits per heavy atom. The lowest BCUT2D eigenvalue weighted by Gasteiger charge is -2.09. The molecule has 0 fully saturated rings. The Balaban J connectivity index is 2.10. The van der Waals surface area contributed by atoms with E-state index in [2.05, 4.69) is 9.97 Å². The molecule has 0 radical (unpaired) electrons. The predicted molar refractivity (Wildman–Crippen MR) is 78.1 cm³/mol. The minimum Gasteiger partial charge on any atom is -0.493 e. The van der Waals surface area contributed by atoms with Gasteiger partial charge in [-0.3, -0.25) is 4.98 Å². The zero-order valence-corrected chi connectivity index (χ0v) is 11.3. The van der Waals surface area contributed by atoms with Gasteiger partial charge in [-0.25, -0.2) is 4.98 Å². The van der Waals surface area contributed by atoms with Gasteiger partial charge >= 0.3 is 0 Å². The molecule has 0 unspecified atom stereocenters. The number of fused-ring (bicyclic) bond motifs is 1. The third-order valence-corrected chi connectivity index (χ3v) is 3.17. The second kappa shape index (κ2) is 5.17. The van der Waals surface area contributed by atoms with E-state index in [0.717, 1.165) is 22.2 Å². The van der Waals surface area contributed by atoms with Crippen LogP contribution in [0, 0.1) is 0 Å². The Hall–Kier alpha value is -2.62. The fourth-order valence-electron chi connectivity index (χ4n) is 2.12. The third kappa shape index (κ3) is 2.16. The van der Waals surface area contributed by atoms with Crippen molar-refractivity contribution in [1.29, 1.82) is 0 Å². The van der Waals surface area contributed by atoms with Gasteiger partial charge in [0.05, 0.1) is 25.4 Å². The van der Waals surface area contributed by atoms with Crippen molar-refractivity contribution in [2.24, 2.45) is 0 Å². The van der Waals surface area contributed by atoms with Gasteiger partial charge in [0.2, 0.25) is 0 Å². The summed E-state index contributed by atoms with van der Waals surface area (Å²) in [7, 11) is 3.25. The SMILES string of the molecule is COc1ccc(-c2ccc3cnccc3n2)cc1OC. The number of nitrogens with zero attached hydrogens (tertiary/aromatic N) is 2. The quantitative estimate of drug-likeness (QED) is 0.729. The van der Waals surface area contributed by atoms with Gasteiger partial charge in [0, 0.05) is 23.3 Å². The smallest absolute Gasteiger partial charge is 0.161 e. The summed E-state index contributed by atoms with van der Waals surface area (Å²) in [5.41, 5.74) is 2.80. The monoisotopic (exact) mass is 266 g/mol. The molecule has 4 heteroatoms. The first-order chi connectivity index (χ1) is 9.81. The molecule has 20 heavy (non-hydrogen) atoms. The van der Waals surface area contributed by atoms with Crippen molar-refractivity contribution in [3.05, 3.63) is 48.8 Å². The predicted octanol–water partition coefficient (Wildman–Crippen LogP) is 3.31. The summed E-state index contributed by atoms with van der Waals surface area (Å²) >= 11 is 0. The van der Waals surface area contributed by atoms with Gasteiger partial charge in [-0.2, -0.15) is 0 Å². The molecule has 0 atom stereocenters. The zero-order chi connectivity index (χ0) is 13.9. The lowest BCUT2D eigenvalue weighted by atomic mass is 10.1. The highest BCUT2D eigenvalue weighted by atomic mass is 16.5. The topological polar surface area (TPSA) is 44.2 Å². The molecule has 2 heterocycles. The molecular weight excluding hydrogens is 252 g/mol. The summed E-state index contributed by atoms with van der Waals surface area (Å²) < 4.78 is 10.6. The molecule has 3 rings (SSSR count). The molecule has 0 bridgehead atoms. The van der Waals surface area contributed by atoms with Crippen molar-refractivity contribution in [2.75, 3.05) is 14.2 Å². The third-order valence-electron chi connectivity index (χ3n) is 3.17. The minimum atomic E-state index is 0.696. The van der Waals surface area contributed by atoms with Crippen LogP contribution in [0.1, 0.15) is 0 Å². The highest BCUT2D eigenvalue weighted by Gasteiger charge is 2.07. The average Bonchev–Trinajstić information content (AvgIpc) is 2.53. The molecule has 1 aromatic carbocycles. The standard InChI is InChI=1S/C16H14N2O2/c1-19-15-6-4-11(9-16(15)20-2)13-5-3-12-10-17-8-7-14(12)18-13/h3-10H,1-2H3. The second-order valence-corrected chi connectivity index (χ2v) is 4.33. The number of pyridine rings is 2. The number of benzene rings is 1. The molecule has 0 spiro atoms. The molecular formula is C16H14N2O2. The van der Waals surface area contributed by atoms with Crippen molar-refractivity contribution in [3.8, 4) is 22.8 Å². The number of hydrogen-bond acceptors (Lipinski definition) is 4. The molecule has 3 aromatic rings. The summed E-state index contributed by atoms with van der Waals surface area (Å²) in [6.07, 6.45) is 3.55. The summed E-state index contributed by atoms with van der Waals surface area (Å²) in [5.74, 6) is 1.41. The van der Waals surface area contributed by atoms with E-state index >= 15 is 0 Å². The summed E-state index contributed by atoms with van der Waals surface area (Å²) in [6.45, 7) is 0. The van der Waals surface area contributed by atoms with Gasteiger partial charge in [-0.15, -0.1) is 0 Å². The van der Waals surface area contributed by atoms with Crippen LogP contribution in [0.5, 0.6) is 11.5 Å². The summed E-state index contributed by atoms with van der Waals surface area (Å²) in [5, 5.41) is 1.02. The Morgan fingerprint density at radius 3 is 2.55 bits per heavy atom. The second-order valence-electron chi connectivity index (χ2n) is 4.33. The van der Waals surface area contributed by atoms with E-state index in [1.54, 1.807) is 26.6 Å². The molecule has 0 saturated carbocycles. The lowest BCUT2D eigenvalue weighted by molar-refractivity contribution is 0.355. The van der Waals surface area contributed by atoms with E-state index in [4.69, 9.17) is 9.47 Å². The maximum Gasteiger partial charge on any atom is 0.161 e. The van der Waals surface area contributed by atoms with E-state index in [-0.39, 0.29) is 0 Å². The molecule has 2 aromatic heterocycles. The van der Waals surface area contributed by atoms with Gasteiger partial charge in [-0.05, 0) is 36.4 Å². The molecule has 4 nitrogen and oxygen atoms in total. The molecule has 0 aliphatic carbocycles. The van der Waals surface area contributed by atoms with Crippen molar-refractivity contribution in [3.63, 3.8) is 0 Å². The normalized spacial score (nSPS) is 10.5. The van der Waals surface area contributed by atoms with Crippen LogP contribution >= 0.6 is 0 Å². The average molecular weight is 266 g/mol. The van der Waals surface area contributed by atoms with Gasteiger partial charge in [0.25, 0.3) is 0 Å². The number of rotatable bonds is 3. The van der Waals surface area contributed by atoms with E-state index in [9.17, 15) is 0 Å². The molecule has 0 aliphatic rings. The van der Waals surface area contributed by atoms with E-state index in [0.29, 0.717) is 11.5 Å². The summed E-state index contributed by atoms with van der Waals surface area (Å²) in [6, 6.07) is 11.7. The van der Waals surface area contributed by atoms with Crippen molar-refractivity contribution >= 4 is 10.9 Å². The zero-order valence-electron chi connectivity index (χ0n) is 11.3. The van der Waals surface area contributed by atoms with Crippen molar-refractivity contribution in [1.82, 2.24) is 9.97 Å². The molecule has 0 amide bonds. The van der Waals surface area contributed by atoms with Crippen molar-refractivity contribution in [2.45, 2.75) is 0 Å². The van der Waals surface area contributed by atoms with E-state index in [1.165, 1.54) is 0 Å². The van der Waals surface area contributed by atoms with Crippen LogP contribution in [-0.2, 0) is 0 Å². The fourth-order valence-corrected chi connectivity index (χ4v) is 2.12. The van der Waals surface area contributed by atoms with Crippen LogP contribution in [0.15, 0.2) is 48.8 Å². The minimum absolute atomic E-state index is 0.696. The first kappa shape index (κ1) is 12.4. The molecule has 0 aliphatic heterocycles. The lowest BCUT2D eigenvalue weighted by Crippen LogP contribution is -1.92. The molecule has 0 N–H and O–H groups in total. The fraction of sp³-hybridized carbons (Fsp3) is 0.125. The van der Waals surface area contributed by atoms with E-state index in [1.807, 2.05) is 36.4 Å². The number of methoxy groups -OCH3 is 2. The van der Waals surface area contributed by atoms with Crippen molar-refractivity contribution < 1.29 is 9.47 Å². The van der Waals surface area contributed by atoms with Crippen LogP contribution in [0.25, 0.3) is 22.2 Å². The maximum atomic E-state index is 5.32. The van der Waals surface area contributed by atoms with Crippen LogP contribution in [-0.4, -0.2) is 24.2 Å². The maximum absolute atomic E-state index is 5.32. The number of hydrogen-bond donors (Lipinski definition) is 0. The van der Waals surface area contributed by atoms with Crippen LogP contribution in [0.2, 0.25) is 0 Å². The molecule has 0 saturated heterocycles. The van der Waals surface area contributed by atoms with Gasteiger partial charge in [0.15, 0.2) is 11.5 Å². The highest BCUT2D eigenvalue weighted by molar-refractivity contribution is 5.80.